The first-order chi connectivity index (χ1) is 13.0. The second-order valence-electron chi connectivity index (χ2n) is 6.48. The molecule has 1 heterocycles. The van der Waals surface area contributed by atoms with Crippen LogP contribution in [0.25, 0.3) is 0 Å². The number of piperazine rings is 1. The highest BCUT2D eigenvalue weighted by Crippen LogP contribution is 2.21. The van der Waals surface area contributed by atoms with Gasteiger partial charge in [0.15, 0.2) is 0 Å². The van der Waals surface area contributed by atoms with Crippen molar-refractivity contribution in [2.45, 2.75) is 6.92 Å². The molecule has 0 saturated carbocycles. The van der Waals surface area contributed by atoms with E-state index in [1.807, 2.05) is 66.4 Å². The van der Waals surface area contributed by atoms with Crippen LogP contribution in [0.2, 0.25) is 5.02 Å². The van der Waals surface area contributed by atoms with E-state index in [1.165, 1.54) is 0 Å². The fraction of sp³-hybridized carbons (Fsp3) is 0.238. The Morgan fingerprint density at radius 1 is 1.15 bits per heavy atom. The van der Waals surface area contributed by atoms with E-state index >= 15 is 0 Å². The van der Waals surface area contributed by atoms with Gasteiger partial charge in [0.2, 0.25) is 0 Å². The topological polar surface area (TPSA) is 59.4 Å². The maximum Gasteiger partial charge on any atom is 0.267 e. The number of carbonyl (C=O) groups excluding carboxylic acids is 1. The minimum Gasteiger partial charge on any atom is -0.373 e. The van der Waals surface area contributed by atoms with Crippen LogP contribution in [0.15, 0.2) is 60.3 Å². The van der Waals surface area contributed by atoms with Crippen molar-refractivity contribution in [3.63, 3.8) is 0 Å². The van der Waals surface area contributed by atoms with Crippen molar-refractivity contribution in [3.8, 4) is 6.07 Å². The van der Waals surface area contributed by atoms with E-state index in [1.54, 1.807) is 6.20 Å². The minimum absolute atomic E-state index is 0.104. The summed E-state index contributed by atoms with van der Waals surface area (Å²) < 4.78 is 0. The van der Waals surface area contributed by atoms with Crippen LogP contribution in [0.1, 0.15) is 5.56 Å². The number of rotatable bonds is 4. The zero-order valence-electron chi connectivity index (χ0n) is 15.2. The molecule has 1 N–H and O–H groups in total. The third kappa shape index (κ3) is 5.02. The monoisotopic (exact) mass is 380 g/mol. The minimum atomic E-state index is -0.389. The van der Waals surface area contributed by atoms with Gasteiger partial charge >= 0.3 is 0 Å². The number of nitrogens with zero attached hydrogens (tertiary/aromatic N) is 3. The quantitative estimate of drug-likeness (QED) is 0.647. The molecule has 0 radical (unpaired) electrons. The summed E-state index contributed by atoms with van der Waals surface area (Å²) in [5.41, 5.74) is 2.93. The van der Waals surface area contributed by atoms with Crippen molar-refractivity contribution >= 4 is 28.9 Å². The predicted octanol–water partition coefficient (Wildman–Crippen LogP) is 3.82. The molecule has 3 rings (SSSR count). The molecule has 2 aromatic carbocycles. The van der Waals surface area contributed by atoms with Gasteiger partial charge in [-0.25, -0.2) is 0 Å². The molecule has 6 heteroatoms. The molecule has 5 nitrogen and oxygen atoms in total. The van der Waals surface area contributed by atoms with E-state index in [9.17, 15) is 10.1 Å². The Bertz CT molecular complexity index is 895. The van der Waals surface area contributed by atoms with Gasteiger partial charge in [-0.1, -0.05) is 29.8 Å². The van der Waals surface area contributed by atoms with Crippen molar-refractivity contribution < 1.29 is 4.79 Å². The Hall–Kier alpha value is -2.97. The molecule has 0 bridgehead atoms. The summed E-state index contributed by atoms with van der Waals surface area (Å²) in [5, 5.41) is 12.9. The molecule has 0 spiro atoms. The number of nitrogens with one attached hydrogen (secondary N) is 1. The highest BCUT2D eigenvalue weighted by Gasteiger charge is 2.18. The zero-order valence-corrected chi connectivity index (χ0v) is 15.9. The summed E-state index contributed by atoms with van der Waals surface area (Å²) >= 11 is 6.06. The molecule has 1 aliphatic heterocycles. The lowest BCUT2D eigenvalue weighted by atomic mass is 10.2. The number of aryl methyl sites for hydroxylation is 1. The van der Waals surface area contributed by atoms with Gasteiger partial charge in [-0.15, -0.1) is 0 Å². The molecular formula is C21H21ClN4O. The molecular weight excluding hydrogens is 360 g/mol. The Balaban J connectivity index is 1.61. The van der Waals surface area contributed by atoms with Crippen LogP contribution in [0, 0.1) is 18.3 Å². The lowest BCUT2D eigenvalue weighted by molar-refractivity contribution is -0.112. The molecule has 138 valence electrons. The number of hydrogen-bond donors (Lipinski definition) is 1. The standard InChI is InChI=1S/C21H21ClN4O/c1-16-4-2-6-19(12-16)24-21(27)17(14-23)15-25-8-10-26(11-9-25)20-7-3-5-18(22)13-20/h2-7,12-13,15H,8-11H2,1H3,(H,24,27)/b17-15-. The summed E-state index contributed by atoms with van der Waals surface area (Å²) in [6.07, 6.45) is 1.65. The van der Waals surface area contributed by atoms with Crippen LogP contribution in [0.5, 0.6) is 0 Å². The van der Waals surface area contributed by atoms with E-state index in [-0.39, 0.29) is 11.5 Å². The number of nitriles is 1. The second-order valence-corrected chi connectivity index (χ2v) is 6.92. The number of halogens is 1. The fourth-order valence-corrected chi connectivity index (χ4v) is 3.21. The maximum absolute atomic E-state index is 12.4. The third-order valence-electron chi connectivity index (χ3n) is 4.44. The van der Waals surface area contributed by atoms with E-state index in [2.05, 4.69) is 10.2 Å². The van der Waals surface area contributed by atoms with Gasteiger partial charge in [0, 0.05) is 48.8 Å². The Morgan fingerprint density at radius 2 is 1.89 bits per heavy atom. The largest absolute Gasteiger partial charge is 0.373 e. The fourth-order valence-electron chi connectivity index (χ4n) is 3.02. The van der Waals surface area contributed by atoms with Crippen molar-refractivity contribution in [1.82, 2.24) is 4.90 Å². The van der Waals surface area contributed by atoms with Crippen molar-refractivity contribution in [2.24, 2.45) is 0 Å². The third-order valence-corrected chi connectivity index (χ3v) is 4.68. The van der Waals surface area contributed by atoms with E-state index in [4.69, 9.17) is 11.6 Å². The molecule has 0 aliphatic carbocycles. The smallest absolute Gasteiger partial charge is 0.267 e. The summed E-state index contributed by atoms with van der Waals surface area (Å²) in [6, 6.07) is 17.3. The SMILES string of the molecule is Cc1cccc(NC(=O)/C(C#N)=C\N2CCN(c3cccc(Cl)c3)CC2)c1. The van der Waals surface area contributed by atoms with E-state index in [0.29, 0.717) is 5.69 Å². The zero-order chi connectivity index (χ0) is 19.2. The highest BCUT2D eigenvalue weighted by molar-refractivity contribution is 6.30. The Kier molecular flexibility index (Phi) is 6.00. The molecule has 0 atom stereocenters. The predicted molar refractivity (Wildman–Crippen MR) is 109 cm³/mol. The van der Waals surface area contributed by atoms with Crippen LogP contribution in [-0.4, -0.2) is 37.0 Å². The molecule has 0 aromatic heterocycles. The first-order valence-electron chi connectivity index (χ1n) is 8.79. The van der Waals surface area contributed by atoms with Gasteiger partial charge in [-0.05, 0) is 42.8 Å². The van der Waals surface area contributed by atoms with Gasteiger partial charge in [0.1, 0.15) is 11.6 Å². The lowest BCUT2D eigenvalue weighted by Crippen LogP contribution is -2.44. The summed E-state index contributed by atoms with van der Waals surface area (Å²) in [6.45, 7) is 5.02. The van der Waals surface area contributed by atoms with Crippen LogP contribution < -0.4 is 10.2 Å². The van der Waals surface area contributed by atoms with Gasteiger partial charge < -0.3 is 15.1 Å². The van der Waals surface area contributed by atoms with E-state index in [0.717, 1.165) is 42.5 Å². The van der Waals surface area contributed by atoms with Crippen LogP contribution in [0.3, 0.4) is 0 Å². The normalized spacial score (nSPS) is 14.6. The Morgan fingerprint density at radius 3 is 2.56 bits per heavy atom. The summed E-state index contributed by atoms with van der Waals surface area (Å²) in [4.78, 5) is 16.7. The van der Waals surface area contributed by atoms with Gasteiger partial charge in [-0.2, -0.15) is 5.26 Å². The van der Waals surface area contributed by atoms with E-state index < -0.39 is 0 Å². The number of benzene rings is 2. The highest BCUT2D eigenvalue weighted by atomic mass is 35.5. The number of carbonyl (C=O) groups is 1. The average molecular weight is 381 g/mol. The van der Waals surface area contributed by atoms with Gasteiger partial charge in [0.25, 0.3) is 5.91 Å². The van der Waals surface area contributed by atoms with Crippen molar-refractivity contribution in [3.05, 3.63) is 70.9 Å². The average Bonchev–Trinajstić information content (AvgIpc) is 2.66. The molecule has 0 unspecified atom stereocenters. The molecule has 1 amide bonds. The summed E-state index contributed by atoms with van der Waals surface area (Å²) in [5.74, 6) is -0.389. The van der Waals surface area contributed by atoms with Crippen LogP contribution >= 0.6 is 11.6 Å². The number of amides is 1. The second kappa shape index (κ2) is 8.61. The van der Waals surface area contributed by atoms with Gasteiger partial charge in [-0.3, -0.25) is 4.79 Å². The number of hydrogen-bond acceptors (Lipinski definition) is 4. The van der Waals surface area contributed by atoms with Crippen LogP contribution in [0.4, 0.5) is 11.4 Å². The molecule has 1 saturated heterocycles. The van der Waals surface area contributed by atoms with Crippen LogP contribution in [-0.2, 0) is 4.79 Å². The first-order valence-corrected chi connectivity index (χ1v) is 9.17. The lowest BCUT2D eigenvalue weighted by Gasteiger charge is -2.35. The van der Waals surface area contributed by atoms with Crippen molar-refractivity contribution in [1.29, 1.82) is 5.26 Å². The summed E-state index contributed by atoms with van der Waals surface area (Å²) in [7, 11) is 0. The Labute approximate surface area is 164 Å². The number of anilines is 2. The molecule has 1 aliphatic rings. The first kappa shape index (κ1) is 18.8. The maximum atomic E-state index is 12.4. The van der Waals surface area contributed by atoms with Gasteiger partial charge in [0.05, 0.1) is 0 Å². The molecule has 2 aromatic rings. The van der Waals surface area contributed by atoms with Crippen molar-refractivity contribution in [2.75, 3.05) is 36.4 Å². The molecule has 27 heavy (non-hydrogen) atoms. The molecule has 1 fully saturated rings.